The van der Waals surface area contributed by atoms with Crippen molar-refractivity contribution in [3.63, 3.8) is 0 Å². The van der Waals surface area contributed by atoms with Crippen molar-refractivity contribution in [1.29, 1.82) is 0 Å². The molecular formula is C17H23F2N2O2Y-. The summed E-state index contributed by atoms with van der Waals surface area (Å²) in [7, 11) is 0. The van der Waals surface area contributed by atoms with Crippen molar-refractivity contribution >= 4 is 0 Å². The molecule has 0 spiro atoms. The minimum Gasteiger partial charge on any atom is -0.505 e. The molecule has 0 aliphatic carbocycles. The molecule has 1 N–H and O–H groups in total. The third-order valence-corrected chi connectivity index (χ3v) is 3.02. The van der Waals surface area contributed by atoms with Crippen LogP contribution in [0.5, 0.6) is 5.75 Å². The Kier molecular flexibility index (Phi) is 12.0. The molecule has 131 valence electrons. The number of alkyl halides is 2. The van der Waals surface area contributed by atoms with Gasteiger partial charge in [0.15, 0.2) is 5.75 Å². The SMILES string of the molecule is CC.Cc1ccccc1-c1c(O)c(C)nn(CC(F)F)c1=O.[CH3-].[Y]. The van der Waals surface area contributed by atoms with E-state index in [1.54, 1.807) is 31.2 Å². The number of aromatic nitrogens is 2. The summed E-state index contributed by atoms with van der Waals surface area (Å²) in [6, 6.07) is 6.95. The smallest absolute Gasteiger partial charge is 0.278 e. The second kappa shape index (κ2) is 11.4. The molecule has 24 heavy (non-hydrogen) atoms. The fraction of sp³-hybridized carbons (Fsp3) is 0.353. The van der Waals surface area contributed by atoms with E-state index in [0.717, 1.165) is 5.56 Å². The summed E-state index contributed by atoms with van der Waals surface area (Å²) >= 11 is 0. The Bertz CT molecular complexity index is 703. The van der Waals surface area contributed by atoms with Gasteiger partial charge in [-0.2, -0.15) is 5.10 Å². The number of aryl methyl sites for hydroxylation is 2. The molecular weight excluding hydrogens is 391 g/mol. The van der Waals surface area contributed by atoms with Gasteiger partial charge in [0.05, 0.1) is 5.56 Å². The number of halogens is 2. The van der Waals surface area contributed by atoms with Gasteiger partial charge in [-0.3, -0.25) is 4.79 Å². The van der Waals surface area contributed by atoms with Crippen molar-refractivity contribution < 1.29 is 46.6 Å². The van der Waals surface area contributed by atoms with E-state index in [2.05, 4.69) is 5.10 Å². The maximum atomic E-state index is 12.5. The topological polar surface area (TPSA) is 55.1 Å². The predicted molar refractivity (Wildman–Crippen MR) is 88.8 cm³/mol. The molecule has 2 rings (SSSR count). The first-order chi connectivity index (χ1) is 10.4. The fourth-order valence-corrected chi connectivity index (χ4v) is 2.04. The quantitative estimate of drug-likeness (QED) is 0.774. The Morgan fingerprint density at radius 1 is 1.21 bits per heavy atom. The van der Waals surface area contributed by atoms with Crippen LogP contribution in [0.25, 0.3) is 11.1 Å². The van der Waals surface area contributed by atoms with Crippen molar-refractivity contribution in [2.24, 2.45) is 0 Å². The van der Waals surface area contributed by atoms with Crippen LogP contribution in [0.2, 0.25) is 0 Å². The minimum atomic E-state index is -2.69. The van der Waals surface area contributed by atoms with Gasteiger partial charge in [-0.25, -0.2) is 13.5 Å². The monoisotopic (exact) mass is 414 g/mol. The molecule has 2 aromatic rings. The third kappa shape index (κ3) is 5.74. The Labute approximate surface area is 166 Å². The van der Waals surface area contributed by atoms with Gasteiger partial charge in [-0.15, -0.1) is 0 Å². The molecule has 1 heterocycles. The van der Waals surface area contributed by atoms with Gasteiger partial charge >= 0.3 is 0 Å². The zero-order valence-electron chi connectivity index (χ0n) is 14.7. The number of hydrogen-bond donors (Lipinski definition) is 1. The second-order valence-electron chi connectivity index (χ2n) is 4.50. The average molecular weight is 414 g/mol. The molecule has 7 heteroatoms. The van der Waals surface area contributed by atoms with Crippen molar-refractivity contribution in [3.05, 3.63) is 53.3 Å². The summed E-state index contributed by atoms with van der Waals surface area (Å²) < 4.78 is 25.7. The molecule has 0 saturated carbocycles. The first-order valence-corrected chi connectivity index (χ1v) is 7.06. The normalized spacial score (nSPS) is 9.46. The maximum absolute atomic E-state index is 12.5. The van der Waals surface area contributed by atoms with Crippen LogP contribution in [0.15, 0.2) is 29.1 Å². The molecule has 1 radical (unpaired) electrons. The van der Waals surface area contributed by atoms with E-state index in [4.69, 9.17) is 0 Å². The first-order valence-electron chi connectivity index (χ1n) is 7.06. The molecule has 0 atom stereocenters. The van der Waals surface area contributed by atoms with E-state index in [9.17, 15) is 18.7 Å². The number of nitrogens with zero attached hydrogens (tertiary/aromatic N) is 2. The fourth-order valence-electron chi connectivity index (χ4n) is 2.04. The largest absolute Gasteiger partial charge is 0.505 e. The predicted octanol–water partition coefficient (Wildman–Crippen LogP) is 3.97. The molecule has 0 fully saturated rings. The van der Waals surface area contributed by atoms with Gasteiger partial charge < -0.3 is 12.5 Å². The standard InChI is InChI=1S/C14H14F2N2O2.C2H6.CH3.Y/c1-8-5-3-4-6-10(8)12-13(19)9(2)17-18(14(12)20)7-11(15)16;1-2;;/h3-6,11,19H,7H2,1-2H3;1-2H3;1H3;/q;;-1;. The molecule has 0 bridgehead atoms. The van der Waals surface area contributed by atoms with Crippen LogP contribution < -0.4 is 5.56 Å². The van der Waals surface area contributed by atoms with E-state index in [-0.39, 0.29) is 57.1 Å². The Morgan fingerprint density at radius 2 is 1.75 bits per heavy atom. The zero-order chi connectivity index (χ0) is 16.9. The van der Waals surface area contributed by atoms with E-state index in [0.29, 0.717) is 10.2 Å². The summed E-state index contributed by atoms with van der Waals surface area (Å²) in [5.74, 6) is -0.269. The second-order valence-corrected chi connectivity index (χ2v) is 4.50. The Hall–Kier alpha value is -1.14. The molecule has 4 nitrogen and oxygen atoms in total. The van der Waals surface area contributed by atoms with Gasteiger partial charge in [0.2, 0.25) is 0 Å². The Morgan fingerprint density at radius 3 is 2.25 bits per heavy atom. The van der Waals surface area contributed by atoms with Crippen LogP contribution >= 0.6 is 0 Å². The van der Waals surface area contributed by atoms with Gasteiger partial charge in [0.25, 0.3) is 12.0 Å². The van der Waals surface area contributed by atoms with Crippen molar-refractivity contribution in [2.75, 3.05) is 0 Å². The van der Waals surface area contributed by atoms with E-state index < -0.39 is 18.5 Å². The number of benzene rings is 1. The summed E-state index contributed by atoms with van der Waals surface area (Å²) in [5.41, 5.74) is 0.722. The third-order valence-electron chi connectivity index (χ3n) is 3.02. The van der Waals surface area contributed by atoms with Crippen molar-refractivity contribution in [3.8, 4) is 16.9 Å². The number of aromatic hydroxyl groups is 1. The molecule has 0 unspecified atom stereocenters. The molecule has 0 aliphatic rings. The van der Waals surface area contributed by atoms with Crippen LogP contribution in [0.4, 0.5) is 8.78 Å². The molecule has 0 saturated heterocycles. The van der Waals surface area contributed by atoms with E-state index >= 15 is 0 Å². The average Bonchev–Trinajstić information content (AvgIpc) is 2.48. The molecule has 1 aromatic carbocycles. The summed E-state index contributed by atoms with van der Waals surface area (Å²) in [6.07, 6.45) is -2.69. The Balaban J connectivity index is 0. The number of hydrogen-bond acceptors (Lipinski definition) is 3. The van der Waals surface area contributed by atoms with Crippen LogP contribution in [0.3, 0.4) is 0 Å². The van der Waals surface area contributed by atoms with Crippen LogP contribution in [-0.4, -0.2) is 21.3 Å². The van der Waals surface area contributed by atoms with Crippen LogP contribution in [0, 0.1) is 21.3 Å². The summed E-state index contributed by atoms with van der Waals surface area (Å²) in [4.78, 5) is 12.2. The van der Waals surface area contributed by atoms with Crippen molar-refractivity contribution in [1.82, 2.24) is 9.78 Å². The summed E-state index contributed by atoms with van der Waals surface area (Å²) in [6.45, 7) is 6.46. The van der Waals surface area contributed by atoms with Crippen molar-refractivity contribution in [2.45, 2.75) is 40.7 Å². The van der Waals surface area contributed by atoms with Gasteiger partial charge in [0, 0.05) is 32.7 Å². The van der Waals surface area contributed by atoms with E-state index in [1.807, 2.05) is 13.8 Å². The first kappa shape index (κ1) is 25.1. The van der Waals surface area contributed by atoms with Crippen LogP contribution in [-0.2, 0) is 39.3 Å². The molecule has 0 aliphatic heterocycles. The van der Waals surface area contributed by atoms with Gasteiger partial charge in [-0.05, 0) is 25.0 Å². The van der Waals surface area contributed by atoms with Gasteiger partial charge in [0.1, 0.15) is 12.2 Å². The molecule has 1 aromatic heterocycles. The maximum Gasteiger partial charge on any atom is 0.278 e. The minimum absolute atomic E-state index is 0. The zero-order valence-corrected chi connectivity index (χ0v) is 17.5. The van der Waals surface area contributed by atoms with E-state index in [1.165, 1.54) is 6.92 Å². The van der Waals surface area contributed by atoms with Gasteiger partial charge in [-0.1, -0.05) is 38.1 Å². The summed E-state index contributed by atoms with van der Waals surface area (Å²) in [5, 5.41) is 13.8. The number of rotatable bonds is 3. The van der Waals surface area contributed by atoms with Crippen LogP contribution in [0.1, 0.15) is 25.1 Å². The molecule has 0 amide bonds.